The highest BCUT2D eigenvalue weighted by atomic mass is 16.6. The number of anilines is 1. The molecule has 0 radical (unpaired) electrons. The van der Waals surface area contributed by atoms with Gasteiger partial charge in [-0.15, -0.1) is 0 Å². The summed E-state index contributed by atoms with van der Waals surface area (Å²) >= 11 is 0. The molecule has 0 spiro atoms. The summed E-state index contributed by atoms with van der Waals surface area (Å²) < 4.78 is 0. The molecule has 6 nitrogen and oxygen atoms in total. The van der Waals surface area contributed by atoms with E-state index < -0.39 is 16.4 Å². The molecule has 1 rings (SSSR count). The molecule has 14 heavy (non-hydrogen) atoms. The van der Waals surface area contributed by atoms with Crippen LogP contribution in [0.5, 0.6) is 11.5 Å². The van der Waals surface area contributed by atoms with Crippen molar-refractivity contribution in [2.75, 3.05) is 11.9 Å². The molecule has 6 heteroatoms. The van der Waals surface area contributed by atoms with Gasteiger partial charge in [0.25, 0.3) is 0 Å². The van der Waals surface area contributed by atoms with Crippen LogP contribution in [0.25, 0.3) is 0 Å². The zero-order valence-electron chi connectivity index (χ0n) is 7.52. The summed E-state index contributed by atoms with van der Waals surface area (Å²) in [5, 5.41) is 31.7. The van der Waals surface area contributed by atoms with Gasteiger partial charge in [0.05, 0.1) is 4.92 Å². The molecule has 0 aromatic heterocycles. The fraction of sp³-hybridized carbons (Fsp3) is 0.250. The van der Waals surface area contributed by atoms with Crippen molar-refractivity contribution in [3.63, 3.8) is 0 Å². The fourth-order valence-electron chi connectivity index (χ4n) is 1.11. The van der Waals surface area contributed by atoms with Crippen molar-refractivity contribution < 1.29 is 15.1 Å². The molecule has 0 saturated carbocycles. The van der Waals surface area contributed by atoms with Crippen LogP contribution < -0.4 is 5.32 Å². The predicted molar refractivity (Wildman–Crippen MR) is 50.6 cm³/mol. The molecule has 0 saturated heterocycles. The number of aromatic hydroxyl groups is 2. The number of nitro groups is 1. The molecule has 0 heterocycles. The number of nitrogens with one attached hydrogen (secondary N) is 1. The van der Waals surface area contributed by atoms with E-state index in [1.807, 2.05) is 0 Å². The minimum atomic E-state index is -0.743. The van der Waals surface area contributed by atoms with Gasteiger partial charge in [0.2, 0.25) is 0 Å². The SMILES string of the molecule is CCNc1c(O)ccc(O)c1[N+](=O)[O-]. The second-order valence-electron chi connectivity index (χ2n) is 2.61. The van der Waals surface area contributed by atoms with Crippen molar-refractivity contribution in [3.05, 3.63) is 22.2 Å². The van der Waals surface area contributed by atoms with E-state index in [-0.39, 0.29) is 11.4 Å². The van der Waals surface area contributed by atoms with Crippen molar-refractivity contribution in [3.8, 4) is 11.5 Å². The monoisotopic (exact) mass is 198 g/mol. The van der Waals surface area contributed by atoms with Gasteiger partial charge in [-0.2, -0.15) is 0 Å². The van der Waals surface area contributed by atoms with E-state index >= 15 is 0 Å². The Morgan fingerprint density at radius 2 is 2.00 bits per heavy atom. The predicted octanol–water partition coefficient (Wildman–Crippen LogP) is 1.44. The summed E-state index contributed by atoms with van der Waals surface area (Å²) in [5.74, 6) is -0.722. The summed E-state index contributed by atoms with van der Waals surface area (Å²) in [4.78, 5) is 9.82. The Morgan fingerprint density at radius 1 is 1.43 bits per heavy atom. The average Bonchev–Trinajstić information content (AvgIpc) is 2.11. The van der Waals surface area contributed by atoms with Crippen molar-refractivity contribution in [1.29, 1.82) is 0 Å². The first-order chi connectivity index (χ1) is 6.57. The zero-order valence-corrected chi connectivity index (χ0v) is 7.52. The smallest absolute Gasteiger partial charge is 0.337 e. The fourth-order valence-corrected chi connectivity index (χ4v) is 1.11. The highest BCUT2D eigenvalue weighted by molar-refractivity contribution is 5.74. The lowest BCUT2D eigenvalue weighted by molar-refractivity contribution is -0.385. The molecular formula is C8H10N2O4. The van der Waals surface area contributed by atoms with Crippen molar-refractivity contribution in [2.24, 2.45) is 0 Å². The van der Waals surface area contributed by atoms with Crippen LogP contribution in [0.1, 0.15) is 6.92 Å². The summed E-state index contributed by atoms with van der Waals surface area (Å²) in [6.07, 6.45) is 0. The molecule has 0 unspecified atom stereocenters. The van der Waals surface area contributed by atoms with Gasteiger partial charge in [-0.3, -0.25) is 10.1 Å². The summed E-state index contributed by atoms with van der Waals surface area (Å²) in [7, 11) is 0. The van der Waals surface area contributed by atoms with E-state index in [1.54, 1.807) is 6.92 Å². The molecule has 0 atom stereocenters. The minimum absolute atomic E-state index is 0.0579. The van der Waals surface area contributed by atoms with Gasteiger partial charge in [-0.05, 0) is 19.1 Å². The minimum Gasteiger partial charge on any atom is -0.506 e. The molecule has 0 aliphatic rings. The van der Waals surface area contributed by atoms with Gasteiger partial charge < -0.3 is 15.5 Å². The van der Waals surface area contributed by atoms with E-state index in [0.29, 0.717) is 6.54 Å². The van der Waals surface area contributed by atoms with Gasteiger partial charge in [-0.25, -0.2) is 0 Å². The maximum absolute atomic E-state index is 10.6. The van der Waals surface area contributed by atoms with Crippen LogP contribution >= 0.6 is 0 Å². The van der Waals surface area contributed by atoms with Gasteiger partial charge in [-0.1, -0.05) is 0 Å². The standard InChI is InChI=1S/C8H10N2O4/c1-2-9-7-5(11)3-4-6(12)8(7)10(13)14/h3-4,9,11-12H,2H2,1H3. The Kier molecular flexibility index (Phi) is 2.76. The first-order valence-electron chi connectivity index (χ1n) is 4.01. The molecule has 1 aromatic rings. The van der Waals surface area contributed by atoms with Crippen molar-refractivity contribution in [2.45, 2.75) is 6.92 Å². The molecule has 0 fully saturated rings. The normalized spacial score (nSPS) is 9.79. The molecule has 1 aromatic carbocycles. The molecule has 0 aliphatic carbocycles. The van der Waals surface area contributed by atoms with Gasteiger partial charge >= 0.3 is 5.69 Å². The molecule has 0 aliphatic heterocycles. The topological polar surface area (TPSA) is 95.6 Å². The zero-order chi connectivity index (χ0) is 10.7. The van der Waals surface area contributed by atoms with E-state index in [4.69, 9.17) is 0 Å². The Hall–Kier alpha value is -1.98. The van der Waals surface area contributed by atoms with Gasteiger partial charge in [0.1, 0.15) is 5.75 Å². The number of hydrogen-bond acceptors (Lipinski definition) is 5. The second-order valence-corrected chi connectivity index (χ2v) is 2.61. The Bertz CT molecular complexity index is 365. The number of benzene rings is 1. The first kappa shape index (κ1) is 10.1. The number of nitrogens with zero attached hydrogens (tertiary/aromatic N) is 1. The third-order valence-electron chi connectivity index (χ3n) is 1.67. The van der Waals surface area contributed by atoms with E-state index in [0.717, 1.165) is 6.07 Å². The largest absolute Gasteiger partial charge is 0.506 e. The van der Waals surface area contributed by atoms with Crippen LogP contribution in [0.3, 0.4) is 0 Å². The van der Waals surface area contributed by atoms with E-state index in [2.05, 4.69) is 5.32 Å². The third kappa shape index (κ3) is 1.68. The molecule has 3 N–H and O–H groups in total. The summed E-state index contributed by atoms with van der Waals surface area (Å²) in [6, 6.07) is 2.27. The van der Waals surface area contributed by atoms with Crippen LogP contribution in [0.4, 0.5) is 11.4 Å². The average molecular weight is 198 g/mol. The summed E-state index contributed by atoms with van der Waals surface area (Å²) in [5.41, 5.74) is -0.565. The van der Waals surface area contributed by atoms with Crippen LogP contribution in [0.2, 0.25) is 0 Å². The van der Waals surface area contributed by atoms with Crippen LogP contribution in [0.15, 0.2) is 12.1 Å². The van der Waals surface area contributed by atoms with Gasteiger partial charge in [0, 0.05) is 6.54 Å². The van der Waals surface area contributed by atoms with Crippen LogP contribution in [-0.2, 0) is 0 Å². The van der Waals surface area contributed by atoms with Crippen LogP contribution in [0, 0.1) is 10.1 Å². The number of phenols is 2. The number of rotatable bonds is 3. The maximum atomic E-state index is 10.6. The van der Waals surface area contributed by atoms with Crippen molar-refractivity contribution >= 4 is 11.4 Å². The van der Waals surface area contributed by atoms with Crippen LogP contribution in [-0.4, -0.2) is 21.7 Å². The summed E-state index contributed by atoms with van der Waals surface area (Å²) in [6.45, 7) is 2.14. The highest BCUT2D eigenvalue weighted by Gasteiger charge is 2.22. The lowest BCUT2D eigenvalue weighted by atomic mass is 10.2. The number of nitro benzene ring substituents is 1. The van der Waals surface area contributed by atoms with Crippen molar-refractivity contribution in [1.82, 2.24) is 0 Å². The Balaban J connectivity index is 3.33. The Morgan fingerprint density at radius 3 is 2.50 bits per heavy atom. The molecule has 76 valence electrons. The number of phenolic OH excluding ortho intramolecular Hbond substituents is 2. The van der Waals surface area contributed by atoms with Gasteiger partial charge in [0.15, 0.2) is 11.4 Å². The maximum Gasteiger partial charge on any atom is 0.337 e. The van der Waals surface area contributed by atoms with E-state index in [1.165, 1.54) is 6.07 Å². The molecule has 0 amide bonds. The number of hydrogen-bond donors (Lipinski definition) is 3. The molecule has 0 bridgehead atoms. The van der Waals surface area contributed by atoms with E-state index in [9.17, 15) is 20.3 Å². The second kappa shape index (κ2) is 3.82. The first-order valence-corrected chi connectivity index (χ1v) is 4.01. The third-order valence-corrected chi connectivity index (χ3v) is 1.67. The lowest BCUT2D eigenvalue weighted by Crippen LogP contribution is -2.01. The highest BCUT2D eigenvalue weighted by Crippen LogP contribution is 2.40. The molecular weight excluding hydrogens is 188 g/mol. The quantitative estimate of drug-likeness (QED) is 0.295. The lowest BCUT2D eigenvalue weighted by Gasteiger charge is -2.07. The Labute approximate surface area is 80.0 Å².